The maximum atomic E-state index is 10.6. The van der Waals surface area contributed by atoms with Gasteiger partial charge in [0.15, 0.2) is 0 Å². The van der Waals surface area contributed by atoms with Crippen LogP contribution in [0.5, 0.6) is 0 Å². The minimum atomic E-state index is -0.494. The number of rotatable bonds is 5. The standard InChI is InChI=1S/C12H16N2O4/c13-11-6-9(3-4-12(11)14(15)16)7-17-8-10-2-1-5-18-10/h3-4,6,10H,1-2,5,7-8,13H2. The van der Waals surface area contributed by atoms with Crippen LogP contribution in [0.3, 0.4) is 0 Å². The number of nitro groups is 1. The Morgan fingerprint density at radius 3 is 3.00 bits per heavy atom. The summed E-state index contributed by atoms with van der Waals surface area (Å²) in [6.07, 6.45) is 2.29. The molecule has 0 bridgehead atoms. The van der Waals surface area contributed by atoms with E-state index >= 15 is 0 Å². The number of ether oxygens (including phenoxy) is 2. The molecule has 1 aliphatic heterocycles. The first kappa shape index (κ1) is 12.8. The molecule has 0 saturated carbocycles. The summed E-state index contributed by atoms with van der Waals surface area (Å²) in [5, 5.41) is 10.6. The van der Waals surface area contributed by atoms with Gasteiger partial charge in [-0.2, -0.15) is 0 Å². The fraction of sp³-hybridized carbons (Fsp3) is 0.500. The minimum Gasteiger partial charge on any atom is -0.393 e. The monoisotopic (exact) mass is 252 g/mol. The van der Waals surface area contributed by atoms with Crippen molar-refractivity contribution in [2.45, 2.75) is 25.6 Å². The molecule has 1 aromatic rings. The number of nitrogen functional groups attached to an aromatic ring is 1. The van der Waals surface area contributed by atoms with Crippen molar-refractivity contribution in [3.05, 3.63) is 33.9 Å². The van der Waals surface area contributed by atoms with Gasteiger partial charge < -0.3 is 15.2 Å². The Hall–Kier alpha value is -1.66. The minimum absolute atomic E-state index is 0.0714. The third-order valence-electron chi connectivity index (χ3n) is 2.89. The Bertz CT molecular complexity index is 430. The van der Waals surface area contributed by atoms with Crippen molar-refractivity contribution in [2.24, 2.45) is 0 Å². The predicted molar refractivity (Wildman–Crippen MR) is 66.1 cm³/mol. The highest BCUT2D eigenvalue weighted by Gasteiger charge is 2.16. The number of nitrogens with zero attached hydrogens (tertiary/aromatic N) is 1. The Morgan fingerprint density at radius 2 is 2.39 bits per heavy atom. The van der Waals surface area contributed by atoms with E-state index in [1.165, 1.54) is 6.07 Å². The van der Waals surface area contributed by atoms with Crippen LogP contribution in [-0.4, -0.2) is 24.2 Å². The van der Waals surface area contributed by atoms with Gasteiger partial charge in [-0.15, -0.1) is 0 Å². The molecule has 1 heterocycles. The molecule has 0 aromatic heterocycles. The van der Waals surface area contributed by atoms with E-state index in [-0.39, 0.29) is 17.5 Å². The highest BCUT2D eigenvalue weighted by atomic mass is 16.6. The molecule has 0 aliphatic carbocycles. The van der Waals surface area contributed by atoms with Crippen molar-refractivity contribution in [3.8, 4) is 0 Å². The maximum Gasteiger partial charge on any atom is 0.292 e. The van der Waals surface area contributed by atoms with Gasteiger partial charge in [-0.25, -0.2) is 0 Å². The lowest BCUT2D eigenvalue weighted by atomic mass is 10.2. The summed E-state index contributed by atoms with van der Waals surface area (Å²) >= 11 is 0. The highest BCUT2D eigenvalue weighted by Crippen LogP contribution is 2.22. The van der Waals surface area contributed by atoms with Crippen LogP contribution in [0.15, 0.2) is 18.2 Å². The number of nitrogens with two attached hydrogens (primary N) is 1. The molecule has 18 heavy (non-hydrogen) atoms. The van der Waals surface area contributed by atoms with Crippen LogP contribution in [0.1, 0.15) is 18.4 Å². The van der Waals surface area contributed by atoms with Gasteiger partial charge in [0.25, 0.3) is 5.69 Å². The molecule has 6 heteroatoms. The molecule has 1 aliphatic rings. The van der Waals surface area contributed by atoms with Crippen LogP contribution >= 0.6 is 0 Å². The van der Waals surface area contributed by atoms with E-state index < -0.39 is 4.92 Å². The van der Waals surface area contributed by atoms with E-state index in [1.807, 2.05) is 0 Å². The largest absolute Gasteiger partial charge is 0.393 e. The molecule has 2 N–H and O–H groups in total. The van der Waals surface area contributed by atoms with E-state index in [1.54, 1.807) is 12.1 Å². The molecular weight excluding hydrogens is 236 g/mol. The third kappa shape index (κ3) is 3.18. The second-order valence-corrected chi connectivity index (χ2v) is 4.30. The Balaban J connectivity index is 1.85. The normalized spacial score (nSPS) is 19.0. The van der Waals surface area contributed by atoms with E-state index in [2.05, 4.69) is 0 Å². The molecule has 0 amide bonds. The zero-order valence-electron chi connectivity index (χ0n) is 10.0. The quantitative estimate of drug-likeness (QED) is 0.491. The van der Waals surface area contributed by atoms with Crippen LogP contribution in [0, 0.1) is 10.1 Å². The highest BCUT2D eigenvalue weighted by molar-refractivity contribution is 5.59. The molecular formula is C12H16N2O4. The smallest absolute Gasteiger partial charge is 0.292 e. The maximum absolute atomic E-state index is 10.6. The zero-order valence-corrected chi connectivity index (χ0v) is 10.0. The fourth-order valence-electron chi connectivity index (χ4n) is 1.94. The van der Waals surface area contributed by atoms with E-state index in [9.17, 15) is 10.1 Å². The van der Waals surface area contributed by atoms with Crippen molar-refractivity contribution >= 4 is 11.4 Å². The molecule has 2 rings (SSSR count). The first-order chi connectivity index (χ1) is 8.66. The number of benzene rings is 1. The molecule has 0 radical (unpaired) electrons. The average molecular weight is 252 g/mol. The van der Waals surface area contributed by atoms with Crippen LogP contribution < -0.4 is 5.73 Å². The summed E-state index contributed by atoms with van der Waals surface area (Å²) in [6, 6.07) is 4.64. The predicted octanol–water partition coefficient (Wildman–Crippen LogP) is 1.87. The van der Waals surface area contributed by atoms with Gasteiger partial charge in [0.1, 0.15) is 5.69 Å². The molecule has 1 fully saturated rings. The van der Waals surface area contributed by atoms with Crippen molar-refractivity contribution in [1.82, 2.24) is 0 Å². The van der Waals surface area contributed by atoms with Gasteiger partial charge in [0.05, 0.1) is 24.2 Å². The van der Waals surface area contributed by atoms with Crippen LogP contribution in [-0.2, 0) is 16.1 Å². The van der Waals surface area contributed by atoms with Crippen molar-refractivity contribution in [2.75, 3.05) is 18.9 Å². The van der Waals surface area contributed by atoms with Gasteiger partial charge in [0, 0.05) is 12.7 Å². The SMILES string of the molecule is Nc1cc(COCC2CCCO2)ccc1[N+](=O)[O-]. The summed E-state index contributed by atoms with van der Waals surface area (Å²) in [5.74, 6) is 0. The Morgan fingerprint density at radius 1 is 1.56 bits per heavy atom. The molecule has 1 atom stereocenters. The van der Waals surface area contributed by atoms with Gasteiger partial charge in [-0.3, -0.25) is 10.1 Å². The van der Waals surface area contributed by atoms with Gasteiger partial charge in [-0.05, 0) is 30.5 Å². The first-order valence-electron chi connectivity index (χ1n) is 5.89. The third-order valence-corrected chi connectivity index (χ3v) is 2.89. The lowest BCUT2D eigenvalue weighted by Gasteiger charge is -2.10. The molecule has 1 unspecified atom stereocenters. The molecule has 1 saturated heterocycles. The van der Waals surface area contributed by atoms with E-state index in [4.69, 9.17) is 15.2 Å². The second-order valence-electron chi connectivity index (χ2n) is 4.30. The van der Waals surface area contributed by atoms with E-state index in [0.29, 0.717) is 13.2 Å². The summed E-state index contributed by atoms with van der Waals surface area (Å²) in [4.78, 5) is 10.1. The summed E-state index contributed by atoms with van der Waals surface area (Å²) < 4.78 is 10.9. The van der Waals surface area contributed by atoms with E-state index in [0.717, 1.165) is 25.0 Å². The van der Waals surface area contributed by atoms with Crippen LogP contribution in [0.25, 0.3) is 0 Å². The Kier molecular flexibility index (Phi) is 4.11. The van der Waals surface area contributed by atoms with Crippen molar-refractivity contribution in [3.63, 3.8) is 0 Å². The number of anilines is 1. The first-order valence-corrected chi connectivity index (χ1v) is 5.89. The van der Waals surface area contributed by atoms with Crippen LogP contribution in [0.4, 0.5) is 11.4 Å². The van der Waals surface area contributed by atoms with Gasteiger partial charge in [-0.1, -0.05) is 0 Å². The summed E-state index contributed by atoms with van der Waals surface area (Å²) in [5.41, 5.74) is 6.52. The fourth-order valence-corrected chi connectivity index (χ4v) is 1.94. The molecule has 98 valence electrons. The summed E-state index contributed by atoms with van der Waals surface area (Å²) in [6.45, 7) is 1.75. The Labute approximate surface area is 105 Å². The van der Waals surface area contributed by atoms with Crippen molar-refractivity contribution in [1.29, 1.82) is 0 Å². The molecule has 6 nitrogen and oxygen atoms in total. The molecule has 1 aromatic carbocycles. The number of hydrogen-bond acceptors (Lipinski definition) is 5. The topological polar surface area (TPSA) is 87.6 Å². The lowest BCUT2D eigenvalue weighted by Crippen LogP contribution is -2.13. The van der Waals surface area contributed by atoms with Gasteiger partial charge >= 0.3 is 0 Å². The average Bonchev–Trinajstić information content (AvgIpc) is 2.81. The van der Waals surface area contributed by atoms with Crippen LogP contribution in [0.2, 0.25) is 0 Å². The van der Waals surface area contributed by atoms with Crippen molar-refractivity contribution < 1.29 is 14.4 Å². The second kappa shape index (κ2) is 5.79. The van der Waals surface area contributed by atoms with Gasteiger partial charge in [0.2, 0.25) is 0 Å². The zero-order chi connectivity index (χ0) is 13.0. The molecule has 0 spiro atoms. The number of hydrogen-bond donors (Lipinski definition) is 1. The lowest BCUT2D eigenvalue weighted by molar-refractivity contribution is -0.383. The number of nitro benzene ring substituents is 1. The summed E-state index contributed by atoms with van der Waals surface area (Å²) in [7, 11) is 0.